The molecule has 3 atom stereocenters. The standard InChI is InChI=1S/C13H17NO3/c15-12(11-4-7-1-2-8(11)3-7)14-10-5-9(6-10)13(16)17/h1-2,7-11H,3-6H2,(H,14,15)(H,16,17). The van der Waals surface area contributed by atoms with Gasteiger partial charge in [0.05, 0.1) is 5.92 Å². The average Bonchev–Trinajstić information content (AvgIpc) is 2.83. The molecule has 0 radical (unpaired) electrons. The lowest BCUT2D eigenvalue weighted by molar-refractivity contribution is -0.146. The summed E-state index contributed by atoms with van der Waals surface area (Å²) in [6.45, 7) is 0. The summed E-state index contributed by atoms with van der Waals surface area (Å²) < 4.78 is 0. The van der Waals surface area contributed by atoms with Crippen molar-refractivity contribution in [1.29, 1.82) is 0 Å². The van der Waals surface area contributed by atoms with Crippen molar-refractivity contribution in [2.45, 2.75) is 31.7 Å². The highest BCUT2D eigenvalue weighted by Gasteiger charge is 2.42. The van der Waals surface area contributed by atoms with E-state index in [1.54, 1.807) is 0 Å². The molecule has 3 aliphatic rings. The molecule has 0 heterocycles. The molecule has 1 amide bonds. The lowest BCUT2D eigenvalue weighted by Crippen LogP contribution is -2.48. The van der Waals surface area contributed by atoms with E-state index in [4.69, 9.17) is 5.11 Å². The van der Waals surface area contributed by atoms with Crippen LogP contribution in [0.1, 0.15) is 25.7 Å². The Morgan fingerprint density at radius 3 is 2.41 bits per heavy atom. The lowest BCUT2D eigenvalue weighted by atomic mass is 9.80. The van der Waals surface area contributed by atoms with Gasteiger partial charge in [0.15, 0.2) is 0 Å². The van der Waals surface area contributed by atoms with Crippen molar-refractivity contribution in [3.05, 3.63) is 12.2 Å². The number of carboxylic acids is 1. The molecular weight excluding hydrogens is 218 g/mol. The van der Waals surface area contributed by atoms with E-state index in [9.17, 15) is 9.59 Å². The fraction of sp³-hybridized carbons (Fsp3) is 0.692. The van der Waals surface area contributed by atoms with Gasteiger partial charge in [-0.05, 0) is 37.5 Å². The number of nitrogens with one attached hydrogen (secondary N) is 1. The van der Waals surface area contributed by atoms with Crippen molar-refractivity contribution in [3.8, 4) is 0 Å². The fourth-order valence-corrected chi connectivity index (χ4v) is 3.33. The van der Waals surface area contributed by atoms with Gasteiger partial charge in [-0.3, -0.25) is 9.59 Å². The first-order chi connectivity index (χ1) is 8.13. The van der Waals surface area contributed by atoms with Gasteiger partial charge in [0.2, 0.25) is 5.91 Å². The lowest BCUT2D eigenvalue weighted by Gasteiger charge is -2.34. The summed E-state index contributed by atoms with van der Waals surface area (Å²) in [6, 6.07) is 0.0895. The monoisotopic (exact) mass is 235 g/mol. The van der Waals surface area contributed by atoms with Crippen molar-refractivity contribution >= 4 is 11.9 Å². The minimum atomic E-state index is -0.738. The second kappa shape index (κ2) is 3.86. The highest BCUT2D eigenvalue weighted by Crippen LogP contribution is 2.43. The molecule has 0 aromatic rings. The molecule has 4 heteroatoms. The van der Waals surface area contributed by atoms with E-state index >= 15 is 0 Å². The summed E-state index contributed by atoms with van der Waals surface area (Å²) in [5, 5.41) is 11.8. The third-order valence-electron chi connectivity index (χ3n) is 4.45. The van der Waals surface area contributed by atoms with Crippen LogP contribution in [0.25, 0.3) is 0 Å². The Morgan fingerprint density at radius 2 is 1.88 bits per heavy atom. The Labute approximate surface area is 100 Å². The third kappa shape index (κ3) is 1.85. The van der Waals surface area contributed by atoms with E-state index in [2.05, 4.69) is 17.5 Å². The Balaban J connectivity index is 1.49. The molecule has 92 valence electrons. The number of aliphatic carboxylic acids is 1. The molecule has 0 aromatic heterocycles. The topological polar surface area (TPSA) is 66.4 Å². The van der Waals surface area contributed by atoms with Gasteiger partial charge in [-0.15, -0.1) is 0 Å². The van der Waals surface area contributed by atoms with E-state index in [1.807, 2.05) is 0 Å². The van der Waals surface area contributed by atoms with Crippen molar-refractivity contribution in [1.82, 2.24) is 5.32 Å². The van der Waals surface area contributed by atoms with Gasteiger partial charge in [0.25, 0.3) is 0 Å². The van der Waals surface area contributed by atoms with Gasteiger partial charge in [-0.2, -0.15) is 0 Å². The van der Waals surface area contributed by atoms with Crippen LogP contribution in [0.2, 0.25) is 0 Å². The predicted molar refractivity (Wildman–Crippen MR) is 61.1 cm³/mol. The first-order valence-corrected chi connectivity index (χ1v) is 6.35. The van der Waals surface area contributed by atoms with Gasteiger partial charge in [-0.1, -0.05) is 12.2 Å². The normalized spacial score (nSPS) is 42.2. The molecule has 0 spiro atoms. The molecule has 3 aliphatic carbocycles. The number of fused-ring (bicyclic) bond motifs is 2. The number of amides is 1. The number of carboxylic acid groups (broad SMARTS) is 1. The molecule has 0 aliphatic heterocycles. The number of allylic oxidation sites excluding steroid dienone is 2. The molecule has 0 saturated heterocycles. The number of rotatable bonds is 3. The molecule has 0 aromatic carbocycles. The van der Waals surface area contributed by atoms with Gasteiger partial charge >= 0.3 is 5.97 Å². The van der Waals surface area contributed by atoms with Crippen LogP contribution in [0.4, 0.5) is 0 Å². The zero-order chi connectivity index (χ0) is 12.0. The second-order valence-electron chi connectivity index (χ2n) is 5.60. The molecule has 17 heavy (non-hydrogen) atoms. The van der Waals surface area contributed by atoms with Gasteiger partial charge in [0, 0.05) is 12.0 Å². The van der Waals surface area contributed by atoms with Crippen molar-refractivity contribution < 1.29 is 14.7 Å². The highest BCUT2D eigenvalue weighted by atomic mass is 16.4. The maximum Gasteiger partial charge on any atom is 0.306 e. The van der Waals surface area contributed by atoms with Gasteiger partial charge in [0.1, 0.15) is 0 Å². The maximum atomic E-state index is 12.0. The van der Waals surface area contributed by atoms with Crippen LogP contribution in [-0.4, -0.2) is 23.0 Å². The zero-order valence-electron chi connectivity index (χ0n) is 9.63. The molecule has 2 saturated carbocycles. The van der Waals surface area contributed by atoms with Crippen LogP contribution < -0.4 is 5.32 Å². The first kappa shape index (κ1) is 10.8. The zero-order valence-corrected chi connectivity index (χ0v) is 9.63. The quantitative estimate of drug-likeness (QED) is 0.722. The second-order valence-corrected chi connectivity index (χ2v) is 5.60. The fourth-order valence-electron chi connectivity index (χ4n) is 3.33. The summed E-state index contributed by atoms with van der Waals surface area (Å²) in [5.74, 6) is 0.308. The van der Waals surface area contributed by atoms with Gasteiger partial charge < -0.3 is 10.4 Å². The Morgan fingerprint density at radius 1 is 1.12 bits per heavy atom. The van der Waals surface area contributed by atoms with E-state index in [-0.39, 0.29) is 23.8 Å². The van der Waals surface area contributed by atoms with Crippen LogP contribution >= 0.6 is 0 Å². The minimum absolute atomic E-state index is 0.0895. The van der Waals surface area contributed by atoms with Crippen LogP contribution in [0.3, 0.4) is 0 Å². The van der Waals surface area contributed by atoms with E-state index in [1.165, 1.54) is 0 Å². The predicted octanol–water partition coefficient (Wildman–Crippen LogP) is 1.18. The number of hydrogen-bond donors (Lipinski definition) is 2. The highest BCUT2D eigenvalue weighted by molar-refractivity contribution is 5.81. The van der Waals surface area contributed by atoms with Gasteiger partial charge in [-0.25, -0.2) is 0 Å². The summed E-state index contributed by atoms with van der Waals surface area (Å²) in [7, 11) is 0. The van der Waals surface area contributed by atoms with E-state index < -0.39 is 5.97 Å². The molecule has 2 N–H and O–H groups in total. The van der Waals surface area contributed by atoms with Crippen LogP contribution in [0, 0.1) is 23.7 Å². The molecule has 2 fully saturated rings. The summed E-state index contributed by atoms with van der Waals surface area (Å²) in [4.78, 5) is 22.7. The summed E-state index contributed by atoms with van der Waals surface area (Å²) in [5.41, 5.74) is 0. The Kier molecular flexibility index (Phi) is 2.45. The maximum absolute atomic E-state index is 12.0. The van der Waals surface area contributed by atoms with Crippen molar-refractivity contribution in [2.24, 2.45) is 23.7 Å². The number of hydrogen-bond acceptors (Lipinski definition) is 2. The molecule has 3 unspecified atom stereocenters. The average molecular weight is 235 g/mol. The number of carbonyl (C=O) groups excluding carboxylic acids is 1. The minimum Gasteiger partial charge on any atom is -0.481 e. The molecule has 4 nitrogen and oxygen atoms in total. The summed E-state index contributed by atoms with van der Waals surface area (Å²) >= 11 is 0. The molecule has 2 bridgehead atoms. The third-order valence-corrected chi connectivity index (χ3v) is 4.45. The first-order valence-electron chi connectivity index (χ1n) is 6.35. The molecular formula is C13H17NO3. The van der Waals surface area contributed by atoms with Crippen molar-refractivity contribution in [2.75, 3.05) is 0 Å². The van der Waals surface area contributed by atoms with Crippen LogP contribution in [0.15, 0.2) is 12.2 Å². The SMILES string of the molecule is O=C(O)C1CC(NC(=O)C2CC3C=CC2C3)C1. The largest absolute Gasteiger partial charge is 0.481 e. The van der Waals surface area contributed by atoms with Crippen molar-refractivity contribution in [3.63, 3.8) is 0 Å². The van der Waals surface area contributed by atoms with E-state index in [0.29, 0.717) is 24.7 Å². The van der Waals surface area contributed by atoms with E-state index in [0.717, 1.165) is 12.8 Å². The molecule has 3 rings (SSSR count). The Bertz CT molecular complexity index is 384. The van der Waals surface area contributed by atoms with Crippen LogP contribution in [0.5, 0.6) is 0 Å². The summed E-state index contributed by atoms with van der Waals surface area (Å²) in [6.07, 6.45) is 7.68. The Hall–Kier alpha value is -1.32. The smallest absolute Gasteiger partial charge is 0.306 e. The number of carbonyl (C=O) groups is 2. The van der Waals surface area contributed by atoms with Crippen LogP contribution in [-0.2, 0) is 9.59 Å².